The summed E-state index contributed by atoms with van der Waals surface area (Å²) in [4.78, 5) is 37.5. The van der Waals surface area contributed by atoms with E-state index >= 15 is 0 Å². The Hall–Kier alpha value is -3.41. The fourth-order valence-electron chi connectivity index (χ4n) is 2.71. The first-order valence-corrected chi connectivity index (χ1v) is 7.78. The van der Waals surface area contributed by atoms with Gasteiger partial charge in [0.1, 0.15) is 5.69 Å². The molecule has 0 unspecified atom stereocenters. The predicted octanol–water partition coefficient (Wildman–Crippen LogP) is 2.26. The monoisotopic (exact) mass is 335 g/mol. The third-order valence-corrected chi connectivity index (χ3v) is 3.83. The second-order valence-electron chi connectivity index (χ2n) is 5.57. The summed E-state index contributed by atoms with van der Waals surface area (Å²) in [6, 6.07) is 17.6. The van der Waals surface area contributed by atoms with Crippen molar-refractivity contribution in [2.75, 3.05) is 5.32 Å². The van der Waals surface area contributed by atoms with Gasteiger partial charge in [0.05, 0.1) is 17.1 Å². The molecule has 0 aliphatic heterocycles. The molecular weight excluding hydrogens is 318 g/mol. The van der Waals surface area contributed by atoms with E-state index in [9.17, 15) is 14.4 Å². The maximum atomic E-state index is 13.1. The third-order valence-electron chi connectivity index (χ3n) is 3.83. The zero-order chi connectivity index (χ0) is 18.0. The van der Waals surface area contributed by atoms with Crippen molar-refractivity contribution in [2.24, 2.45) is 0 Å². The summed E-state index contributed by atoms with van der Waals surface area (Å²) in [6.45, 7) is 2.96. The van der Waals surface area contributed by atoms with E-state index in [1.54, 1.807) is 61.5 Å². The third kappa shape index (κ3) is 3.01. The number of nitrogens with zero attached hydrogens (tertiary/aromatic N) is 2. The second kappa shape index (κ2) is 6.60. The molecule has 1 amide bonds. The molecule has 0 saturated carbocycles. The van der Waals surface area contributed by atoms with Crippen molar-refractivity contribution >= 4 is 11.6 Å². The molecule has 0 atom stereocenters. The van der Waals surface area contributed by atoms with Crippen LogP contribution >= 0.6 is 0 Å². The number of carbonyl (C=O) groups excluding carboxylic acids is 1. The Morgan fingerprint density at radius 1 is 0.840 bits per heavy atom. The van der Waals surface area contributed by atoms with Gasteiger partial charge in [0.2, 0.25) is 5.91 Å². The second-order valence-corrected chi connectivity index (χ2v) is 5.57. The van der Waals surface area contributed by atoms with Crippen LogP contribution in [-0.4, -0.2) is 15.0 Å². The zero-order valence-electron chi connectivity index (χ0n) is 13.9. The van der Waals surface area contributed by atoms with Gasteiger partial charge < -0.3 is 5.32 Å². The summed E-state index contributed by atoms with van der Waals surface area (Å²) >= 11 is 0. The van der Waals surface area contributed by atoms with Crippen LogP contribution in [0.25, 0.3) is 11.4 Å². The Bertz CT molecular complexity index is 1040. The van der Waals surface area contributed by atoms with E-state index in [1.165, 1.54) is 11.5 Å². The van der Waals surface area contributed by atoms with Crippen molar-refractivity contribution in [2.45, 2.75) is 13.8 Å². The molecular formula is C19H17N3O3. The van der Waals surface area contributed by atoms with Gasteiger partial charge in [-0.05, 0) is 31.2 Å². The van der Waals surface area contributed by atoms with E-state index in [-0.39, 0.29) is 11.6 Å². The number of nitrogens with one attached hydrogen (secondary N) is 1. The first-order chi connectivity index (χ1) is 12.0. The van der Waals surface area contributed by atoms with Gasteiger partial charge >= 0.3 is 5.69 Å². The van der Waals surface area contributed by atoms with Crippen LogP contribution in [-0.2, 0) is 4.79 Å². The Balaban J connectivity index is 2.42. The highest BCUT2D eigenvalue weighted by molar-refractivity contribution is 5.89. The average molecular weight is 335 g/mol. The van der Waals surface area contributed by atoms with E-state index in [0.717, 1.165) is 4.57 Å². The van der Waals surface area contributed by atoms with Crippen molar-refractivity contribution in [3.05, 3.63) is 87.2 Å². The minimum Gasteiger partial charge on any atom is -0.320 e. The topological polar surface area (TPSA) is 73.1 Å². The standard InChI is InChI=1S/C19H17N3O3/c1-13-17(20-14(2)23)18(24)22(16-11-7-4-8-12-16)19(25)21(13)15-9-5-3-6-10-15/h3-12H,1-2H3,(H,20,23). The van der Waals surface area contributed by atoms with E-state index < -0.39 is 11.2 Å². The van der Waals surface area contributed by atoms with E-state index in [0.29, 0.717) is 17.1 Å². The minimum atomic E-state index is -0.559. The number of para-hydroxylation sites is 2. The minimum absolute atomic E-state index is 0.0832. The van der Waals surface area contributed by atoms with Crippen LogP contribution < -0.4 is 16.6 Å². The smallest absolute Gasteiger partial charge is 0.320 e. The summed E-state index contributed by atoms with van der Waals surface area (Å²) < 4.78 is 2.48. The Morgan fingerprint density at radius 2 is 1.32 bits per heavy atom. The molecule has 0 saturated heterocycles. The lowest BCUT2D eigenvalue weighted by atomic mass is 10.2. The molecule has 0 spiro atoms. The molecule has 0 fully saturated rings. The van der Waals surface area contributed by atoms with Crippen LogP contribution in [0, 0.1) is 6.92 Å². The van der Waals surface area contributed by atoms with Gasteiger partial charge in [-0.2, -0.15) is 0 Å². The first-order valence-electron chi connectivity index (χ1n) is 7.78. The summed E-state index contributed by atoms with van der Waals surface area (Å²) in [5, 5.41) is 2.56. The van der Waals surface area contributed by atoms with E-state index in [4.69, 9.17) is 0 Å². The molecule has 126 valence electrons. The van der Waals surface area contributed by atoms with Crippen LogP contribution in [0.3, 0.4) is 0 Å². The maximum absolute atomic E-state index is 13.1. The number of hydrogen-bond donors (Lipinski definition) is 1. The highest BCUT2D eigenvalue weighted by Gasteiger charge is 2.19. The van der Waals surface area contributed by atoms with E-state index in [1.807, 2.05) is 6.07 Å². The van der Waals surface area contributed by atoms with Crippen molar-refractivity contribution in [3.8, 4) is 11.4 Å². The highest BCUT2D eigenvalue weighted by Crippen LogP contribution is 2.14. The molecule has 3 rings (SSSR count). The molecule has 0 aliphatic rings. The summed E-state index contributed by atoms with van der Waals surface area (Å²) in [7, 11) is 0. The molecule has 1 N–H and O–H groups in total. The Kier molecular flexibility index (Phi) is 4.35. The van der Waals surface area contributed by atoms with Crippen LogP contribution in [0.2, 0.25) is 0 Å². The van der Waals surface area contributed by atoms with Crippen LogP contribution in [0.15, 0.2) is 70.3 Å². The molecule has 6 nitrogen and oxygen atoms in total. The van der Waals surface area contributed by atoms with Crippen molar-refractivity contribution in [3.63, 3.8) is 0 Å². The highest BCUT2D eigenvalue weighted by atomic mass is 16.2. The lowest BCUT2D eigenvalue weighted by Gasteiger charge is -2.17. The van der Waals surface area contributed by atoms with Crippen LogP contribution in [0.4, 0.5) is 5.69 Å². The molecule has 0 bridgehead atoms. The molecule has 0 radical (unpaired) electrons. The van der Waals surface area contributed by atoms with Gasteiger partial charge in [-0.3, -0.25) is 14.2 Å². The number of benzene rings is 2. The maximum Gasteiger partial charge on any atom is 0.340 e. The molecule has 2 aromatic carbocycles. The van der Waals surface area contributed by atoms with Gasteiger partial charge in [0.25, 0.3) is 5.56 Å². The number of amides is 1. The summed E-state index contributed by atoms with van der Waals surface area (Å²) in [5.74, 6) is -0.377. The van der Waals surface area contributed by atoms with Gasteiger partial charge in [-0.15, -0.1) is 0 Å². The fraction of sp³-hybridized carbons (Fsp3) is 0.105. The number of hydrogen-bond acceptors (Lipinski definition) is 3. The normalized spacial score (nSPS) is 10.5. The summed E-state index contributed by atoms with van der Waals surface area (Å²) in [6.07, 6.45) is 0. The number of anilines is 1. The quantitative estimate of drug-likeness (QED) is 0.798. The van der Waals surface area contributed by atoms with Crippen molar-refractivity contribution in [1.82, 2.24) is 9.13 Å². The van der Waals surface area contributed by atoms with Crippen molar-refractivity contribution in [1.29, 1.82) is 0 Å². The molecule has 1 aromatic heterocycles. The van der Waals surface area contributed by atoms with E-state index in [2.05, 4.69) is 5.32 Å². The van der Waals surface area contributed by atoms with Crippen molar-refractivity contribution < 1.29 is 4.79 Å². The molecule has 0 aliphatic carbocycles. The van der Waals surface area contributed by atoms with Crippen LogP contribution in [0.1, 0.15) is 12.6 Å². The largest absolute Gasteiger partial charge is 0.340 e. The van der Waals surface area contributed by atoms with Gasteiger partial charge in [0, 0.05) is 6.92 Å². The Morgan fingerprint density at radius 3 is 1.80 bits per heavy atom. The van der Waals surface area contributed by atoms with Crippen LogP contribution in [0.5, 0.6) is 0 Å². The Labute approximate surface area is 144 Å². The zero-order valence-corrected chi connectivity index (χ0v) is 13.9. The molecule has 6 heteroatoms. The molecule has 1 heterocycles. The van der Waals surface area contributed by atoms with Gasteiger partial charge in [-0.25, -0.2) is 9.36 Å². The predicted molar refractivity (Wildman–Crippen MR) is 96.7 cm³/mol. The van der Waals surface area contributed by atoms with Gasteiger partial charge in [0.15, 0.2) is 0 Å². The first kappa shape index (κ1) is 16.4. The average Bonchev–Trinajstić information content (AvgIpc) is 2.60. The molecule has 3 aromatic rings. The summed E-state index contributed by atoms with van der Waals surface area (Å²) in [5.41, 5.74) is 0.462. The fourth-order valence-corrected chi connectivity index (χ4v) is 2.71. The number of rotatable bonds is 3. The SMILES string of the molecule is CC(=O)Nc1c(C)n(-c2ccccc2)c(=O)n(-c2ccccc2)c1=O. The number of aromatic nitrogens is 2. The van der Waals surface area contributed by atoms with Gasteiger partial charge in [-0.1, -0.05) is 36.4 Å². The molecule has 25 heavy (non-hydrogen) atoms. The number of carbonyl (C=O) groups is 1. The lowest BCUT2D eigenvalue weighted by Crippen LogP contribution is -2.41. The lowest BCUT2D eigenvalue weighted by molar-refractivity contribution is -0.114.